The third-order valence-electron chi connectivity index (χ3n) is 3.73. The molecule has 1 nitrogen and oxygen atoms in total. The Kier molecular flexibility index (Phi) is 3.16. The number of hydrogen-bond donors (Lipinski definition) is 0. The van der Waals surface area contributed by atoms with Gasteiger partial charge in [0.2, 0.25) is 0 Å². The standard InChI is InChI=1S/C17H15ClO/c1-11-5-8-15(16(18)9-11)17(19)14-7-6-12-3-2-4-13(12)10-14/h5-10H,2-4H2,1H3. The molecule has 19 heavy (non-hydrogen) atoms. The number of benzene rings is 2. The Morgan fingerprint density at radius 2 is 1.84 bits per heavy atom. The second kappa shape index (κ2) is 4.82. The van der Waals surface area contributed by atoms with Crippen LogP contribution in [0.25, 0.3) is 0 Å². The topological polar surface area (TPSA) is 17.1 Å². The first kappa shape index (κ1) is 12.4. The Hall–Kier alpha value is -1.60. The molecule has 0 fully saturated rings. The maximum atomic E-state index is 12.5. The molecule has 0 bridgehead atoms. The monoisotopic (exact) mass is 270 g/mol. The molecule has 1 aliphatic rings. The van der Waals surface area contributed by atoms with Crippen molar-refractivity contribution in [1.82, 2.24) is 0 Å². The zero-order valence-corrected chi connectivity index (χ0v) is 11.6. The maximum Gasteiger partial charge on any atom is 0.194 e. The summed E-state index contributed by atoms with van der Waals surface area (Å²) in [6.07, 6.45) is 3.41. The second-order valence-corrected chi connectivity index (χ2v) is 5.56. The van der Waals surface area contributed by atoms with Crippen molar-refractivity contribution in [3.05, 3.63) is 69.2 Å². The van der Waals surface area contributed by atoms with Crippen molar-refractivity contribution < 1.29 is 4.79 Å². The van der Waals surface area contributed by atoms with Gasteiger partial charge in [0.15, 0.2) is 5.78 Å². The van der Waals surface area contributed by atoms with Crippen molar-refractivity contribution in [2.45, 2.75) is 26.2 Å². The van der Waals surface area contributed by atoms with E-state index < -0.39 is 0 Å². The molecule has 0 saturated heterocycles. The van der Waals surface area contributed by atoms with E-state index in [1.807, 2.05) is 37.3 Å². The molecule has 0 heterocycles. The fourth-order valence-corrected chi connectivity index (χ4v) is 2.99. The van der Waals surface area contributed by atoms with Gasteiger partial charge in [-0.05, 0) is 61.1 Å². The summed E-state index contributed by atoms with van der Waals surface area (Å²) in [7, 11) is 0. The van der Waals surface area contributed by atoms with Gasteiger partial charge in [-0.15, -0.1) is 0 Å². The molecule has 2 aromatic carbocycles. The van der Waals surface area contributed by atoms with E-state index in [9.17, 15) is 4.79 Å². The third-order valence-corrected chi connectivity index (χ3v) is 4.04. The Labute approximate surface area is 118 Å². The first-order valence-corrected chi connectivity index (χ1v) is 6.95. The van der Waals surface area contributed by atoms with Gasteiger partial charge in [0.25, 0.3) is 0 Å². The minimum atomic E-state index is 0.0136. The fourth-order valence-electron chi connectivity index (χ4n) is 2.67. The van der Waals surface area contributed by atoms with Crippen LogP contribution >= 0.6 is 11.6 Å². The number of carbonyl (C=O) groups excluding carboxylic acids is 1. The zero-order valence-electron chi connectivity index (χ0n) is 10.9. The molecular weight excluding hydrogens is 256 g/mol. The molecule has 0 N–H and O–H groups in total. The number of ketones is 1. The normalized spacial score (nSPS) is 13.4. The van der Waals surface area contributed by atoms with Gasteiger partial charge >= 0.3 is 0 Å². The lowest BCUT2D eigenvalue weighted by molar-refractivity contribution is 0.103. The molecule has 0 radical (unpaired) electrons. The minimum absolute atomic E-state index is 0.0136. The Bertz CT molecular complexity index is 658. The maximum absolute atomic E-state index is 12.5. The molecule has 2 heteroatoms. The van der Waals surface area contributed by atoms with Gasteiger partial charge in [0, 0.05) is 11.1 Å². The molecule has 0 atom stereocenters. The average molecular weight is 271 g/mol. The van der Waals surface area contributed by atoms with Crippen LogP contribution in [-0.4, -0.2) is 5.78 Å². The predicted octanol–water partition coefficient (Wildman–Crippen LogP) is 4.37. The van der Waals surface area contributed by atoms with Crippen LogP contribution in [0.3, 0.4) is 0 Å². The quantitative estimate of drug-likeness (QED) is 0.741. The Morgan fingerprint density at radius 1 is 1.05 bits per heavy atom. The number of carbonyl (C=O) groups is 1. The molecule has 2 aromatic rings. The number of rotatable bonds is 2. The predicted molar refractivity (Wildman–Crippen MR) is 78.1 cm³/mol. The molecule has 0 amide bonds. The summed E-state index contributed by atoms with van der Waals surface area (Å²) in [5, 5.41) is 0.533. The van der Waals surface area contributed by atoms with E-state index in [0.717, 1.165) is 24.0 Å². The van der Waals surface area contributed by atoms with Crippen LogP contribution in [0.5, 0.6) is 0 Å². The lowest BCUT2D eigenvalue weighted by Gasteiger charge is -2.07. The van der Waals surface area contributed by atoms with Gasteiger partial charge in [-0.25, -0.2) is 0 Å². The van der Waals surface area contributed by atoms with Crippen molar-refractivity contribution in [3.8, 4) is 0 Å². The van der Waals surface area contributed by atoms with E-state index in [-0.39, 0.29) is 5.78 Å². The minimum Gasteiger partial charge on any atom is -0.289 e. The molecule has 0 aromatic heterocycles. The van der Waals surface area contributed by atoms with Crippen LogP contribution in [0, 0.1) is 6.92 Å². The van der Waals surface area contributed by atoms with Crippen LogP contribution in [0.2, 0.25) is 5.02 Å². The Balaban J connectivity index is 2.00. The fraction of sp³-hybridized carbons (Fsp3) is 0.235. The van der Waals surface area contributed by atoms with E-state index in [0.29, 0.717) is 10.6 Å². The van der Waals surface area contributed by atoms with Gasteiger partial charge in [0.1, 0.15) is 0 Å². The summed E-state index contributed by atoms with van der Waals surface area (Å²) in [6, 6.07) is 11.6. The third kappa shape index (κ3) is 2.31. The molecule has 0 aliphatic heterocycles. The highest BCUT2D eigenvalue weighted by atomic mass is 35.5. The van der Waals surface area contributed by atoms with E-state index in [4.69, 9.17) is 11.6 Å². The molecule has 0 unspecified atom stereocenters. The van der Waals surface area contributed by atoms with Crippen LogP contribution in [0.4, 0.5) is 0 Å². The van der Waals surface area contributed by atoms with Crippen LogP contribution in [0.15, 0.2) is 36.4 Å². The number of halogens is 1. The smallest absolute Gasteiger partial charge is 0.194 e. The SMILES string of the molecule is Cc1ccc(C(=O)c2ccc3c(c2)CCC3)c(Cl)c1. The molecule has 0 saturated carbocycles. The average Bonchev–Trinajstić information content (AvgIpc) is 2.85. The molecule has 0 spiro atoms. The number of aryl methyl sites for hydroxylation is 3. The van der Waals surface area contributed by atoms with E-state index in [2.05, 4.69) is 6.07 Å². The summed E-state index contributed by atoms with van der Waals surface area (Å²) >= 11 is 6.17. The van der Waals surface area contributed by atoms with E-state index in [1.54, 1.807) is 0 Å². The first-order valence-electron chi connectivity index (χ1n) is 6.58. The largest absolute Gasteiger partial charge is 0.289 e. The van der Waals surface area contributed by atoms with Crippen molar-refractivity contribution >= 4 is 17.4 Å². The summed E-state index contributed by atoms with van der Waals surface area (Å²) < 4.78 is 0. The second-order valence-electron chi connectivity index (χ2n) is 5.15. The van der Waals surface area contributed by atoms with E-state index >= 15 is 0 Å². The van der Waals surface area contributed by atoms with Crippen molar-refractivity contribution in [1.29, 1.82) is 0 Å². The van der Waals surface area contributed by atoms with Gasteiger partial charge in [-0.3, -0.25) is 4.79 Å². The van der Waals surface area contributed by atoms with Crippen LogP contribution in [-0.2, 0) is 12.8 Å². The lowest BCUT2D eigenvalue weighted by atomic mass is 9.98. The summed E-state index contributed by atoms with van der Waals surface area (Å²) in [5.41, 5.74) is 5.09. The first-order chi connectivity index (χ1) is 9.15. The highest BCUT2D eigenvalue weighted by Gasteiger charge is 2.16. The Morgan fingerprint density at radius 3 is 2.63 bits per heavy atom. The molecule has 3 rings (SSSR count). The zero-order chi connectivity index (χ0) is 13.4. The van der Waals surface area contributed by atoms with Crippen LogP contribution < -0.4 is 0 Å². The molecule has 1 aliphatic carbocycles. The van der Waals surface area contributed by atoms with Gasteiger partial charge < -0.3 is 0 Å². The van der Waals surface area contributed by atoms with Gasteiger partial charge in [-0.1, -0.05) is 29.8 Å². The summed E-state index contributed by atoms with van der Waals surface area (Å²) in [5.74, 6) is 0.0136. The van der Waals surface area contributed by atoms with Crippen molar-refractivity contribution in [2.24, 2.45) is 0 Å². The van der Waals surface area contributed by atoms with Crippen LogP contribution in [0.1, 0.15) is 39.0 Å². The van der Waals surface area contributed by atoms with Crippen molar-refractivity contribution in [2.75, 3.05) is 0 Å². The highest BCUT2D eigenvalue weighted by Crippen LogP contribution is 2.26. The van der Waals surface area contributed by atoms with Crippen molar-refractivity contribution in [3.63, 3.8) is 0 Å². The summed E-state index contributed by atoms with van der Waals surface area (Å²) in [6.45, 7) is 1.97. The molecular formula is C17H15ClO. The molecule has 96 valence electrons. The number of hydrogen-bond acceptors (Lipinski definition) is 1. The van der Waals surface area contributed by atoms with Gasteiger partial charge in [-0.2, -0.15) is 0 Å². The van der Waals surface area contributed by atoms with E-state index in [1.165, 1.54) is 17.5 Å². The number of fused-ring (bicyclic) bond motifs is 1. The van der Waals surface area contributed by atoms with Gasteiger partial charge in [0.05, 0.1) is 5.02 Å². The summed E-state index contributed by atoms with van der Waals surface area (Å²) in [4.78, 5) is 12.5. The highest BCUT2D eigenvalue weighted by molar-refractivity contribution is 6.35. The lowest BCUT2D eigenvalue weighted by Crippen LogP contribution is -2.03.